The molecule has 2 aromatic heterocycles. The predicted molar refractivity (Wildman–Crippen MR) is 81.3 cm³/mol. The molecule has 0 aliphatic carbocycles. The van der Waals surface area contributed by atoms with Gasteiger partial charge in [-0.15, -0.1) is 0 Å². The Kier molecular flexibility index (Phi) is 3.03. The first-order valence-electron chi connectivity index (χ1n) is 6.10. The Balaban J connectivity index is 2.00. The van der Waals surface area contributed by atoms with Gasteiger partial charge in [-0.05, 0) is 34.5 Å². The fourth-order valence-corrected chi connectivity index (χ4v) is 2.72. The lowest BCUT2D eigenvalue weighted by Gasteiger charge is -1.99. The van der Waals surface area contributed by atoms with E-state index in [0.29, 0.717) is 5.69 Å². The third-order valence-corrected chi connectivity index (χ3v) is 3.50. The molecule has 0 aliphatic rings. The van der Waals surface area contributed by atoms with E-state index in [1.165, 1.54) is 11.1 Å². The summed E-state index contributed by atoms with van der Waals surface area (Å²) in [6.45, 7) is 2.10. The van der Waals surface area contributed by atoms with E-state index in [0.717, 1.165) is 22.2 Å². The van der Waals surface area contributed by atoms with Crippen molar-refractivity contribution in [1.29, 1.82) is 0 Å². The number of anilines is 1. The zero-order chi connectivity index (χ0) is 13.4. The second kappa shape index (κ2) is 4.70. The molecule has 0 aliphatic heterocycles. The number of nitrogens with zero attached hydrogens (tertiary/aromatic N) is 2. The van der Waals surface area contributed by atoms with Crippen LogP contribution in [0.2, 0.25) is 0 Å². The summed E-state index contributed by atoms with van der Waals surface area (Å²) >= 11 is 3.44. The summed E-state index contributed by atoms with van der Waals surface area (Å²) in [6, 6.07) is 10.4. The highest BCUT2D eigenvalue weighted by atomic mass is 79.9. The fourth-order valence-electron chi connectivity index (χ4n) is 2.26. The number of aromatic nitrogens is 2. The summed E-state index contributed by atoms with van der Waals surface area (Å²) in [5.41, 5.74) is 11.0. The van der Waals surface area contributed by atoms with Gasteiger partial charge in [-0.1, -0.05) is 29.8 Å². The standard InChI is InChI=1S/C15H14BrN3/c1-10-3-2-4-11(5-10)6-13-9-19-8-12(16)7-14(17)15(19)18-13/h2-5,7-9H,6,17H2,1H3. The van der Waals surface area contributed by atoms with Crippen LogP contribution in [-0.4, -0.2) is 9.38 Å². The van der Waals surface area contributed by atoms with Crippen molar-refractivity contribution in [3.63, 3.8) is 0 Å². The maximum atomic E-state index is 5.97. The molecule has 2 heterocycles. The van der Waals surface area contributed by atoms with Crippen molar-refractivity contribution < 1.29 is 0 Å². The summed E-state index contributed by atoms with van der Waals surface area (Å²) < 4.78 is 2.92. The number of pyridine rings is 1. The van der Waals surface area contributed by atoms with Crippen molar-refractivity contribution in [2.45, 2.75) is 13.3 Å². The summed E-state index contributed by atoms with van der Waals surface area (Å²) in [4.78, 5) is 4.60. The Morgan fingerprint density at radius 1 is 1.26 bits per heavy atom. The highest BCUT2D eigenvalue weighted by Crippen LogP contribution is 2.20. The lowest BCUT2D eigenvalue weighted by Crippen LogP contribution is -1.92. The Bertz CT molecular complexity index is 746. The van der Waals surface area contributed by atoms with Gasteiger partial charge in [-0.25, -0.2) is 4.98 Å². The molecule has 0 spiro atoms. The molecular formula is C15H14BrN3. The van der Waals surface area contributed by atoms with Crippen LogP contribution in [0.3, 0.4) is 0 Å². The monoisotopic (exact) mass is 315 g/mol. The van der Waals surface area contributed by atoms with Gasteiger partial charge >= 0.3 is 0 Å². The number of aryl methyl sites for hydroxylation is 1. The lowest BCUT2D eigenvalue weighted by atomic mass is 10.1. The molecule has 0 amide bonds. The molecule has 3 rings (SSSR count). The minimum Gasteiger partial charge on any atom is -0.396 e. The summed E-state index contributed by atoms with van der Waals surface area (Å²) in [7, 11) is 0. The minimum absolute atomic E-state index is 0.685. The highest BCUT2D eigenvalue weighted by molar-refractivity contribution is 9.10. The molecule has 19 heavy (non-hydrogen) atoms. The van der Waals surface area contributed by atoms with Crippen LogP contribution in [-0.2, 0) is 6.42 Å². The van der Waals surface area contributed by atoms with E-state index in [2.05, 4.69) is 52.1 Å². The smallest absolute Gasteiger partial charge is 0.160 e. The van der Waals surface area contributed by atoms with Gasteiger partial charge in [0, 0.05) is 23.3 Å². The third-order valence-electron chi connectivity index (χ3n) is 3.06. The van der Waals surface area contributed by atoms with Crippen molar-refractivity contribution in [3.05, 3.63) is 64.0 Å². The second-order valence-corrected chi connectivity index (χ2v) is 5.66. The summed E-state index contributed by atoms with van der Waals surface area (Å²) in [5, 5.41) is 0. The molecule has 3 aromatic rings. The van der Waals surface area contributed by atoms with E-state index in [1.807, 2.05) is 22.9 Å². The molecule has 0 radical (unpaired) electrons. The molecule has 1 aromatic carbocycles. The Morgan fingerprint density at radius 3 is 2.89 bits per heavy atom. The zero-order valence-corrected chi connectivity index (χ0v) is 12.2. The van der Waals surface area contributed by atoms with Crippen LogP contribution in [0.15, 0.2) is 47.2 Å². The molecular weight excluding hydrogens is 302 g/mol. The third kappa shape index (κ3) is 2.49. The van der Waals surface area contributed by atoms with Crippen LogP contribution >= 0.6 is 15.9 Å². The number of imidazole rings is 1. The number of halogens is 1. The molecule has 0 saturated heterocycles. The van der Waals surface area contributed by atoms with Gasteiger partial charge < -0.3 is 10.1 Å². The molecule has 0 unspecified atom stereocenters. The van der Waals surface area contributed by atoms with Crippen molar-refractivity contribution in [3.8, 4) is 0 Å². The zero-order valence-electron chi connectivity index (χ0n) is 10.6. The summed E-state index contributed by atoms with van der Waals surface area (Å²) in [5.74, 6) is 0. The molecule has 96 valence electrons. The quantitative estimate of drug-likeness (QED) is 0.785. The van der Waals surface area contributed by atoms with E-state index >= 15 is 0 Å². The lowest BCUT2D eigenvalue weighted by molar-refractivity contribution is 1.11. The van der Waals surface area contributed by atoms with E-state index in [-0.39, 0.29) is 0 Å². The molecule has 0 bridgehead atoms. The second-order valence-electron chi connectivity index (χ2n) is 4.74. The van der Waals surface area contributed by atoms with Gasteiger partial charge in [0.15, 0.2) is 5.65 Å². The summed E-state index contributed by atoms with van der Waals surface area (Å²) in [6.07, 6.45) is 4.82. The van der Waals surface area contributed by atoms with Crippen LogP contribution in [0.25, 0.3) is 5.65 Å². The number of hydrogen-bond acceptors (Lipinski definition) is 2. The van der Waals surface area contributed by atoms with Crippen molar-refractivity contribution in [1.82, 2.24) is 9.38 Å². The van der Waals surface area contributed by atoms with Crippen molar-refractivity contribution in [2.24, 2.45) is 0 Å². The van der Waals surface area contributed by atoms with Crippen LogP contribution in [0.1, 0.15) is 16.8 Å². The Morgan fingerprint density at radius 2 is 2.11 bits per heavy atom. The highest BCUT2D eigenvalue weighted by Gasteiger charge is 2.06. The maximum absolute atomic E-state index is 5.97. The first-order chi connectivity index (χ1) is 9.11. The Labute approximate surface area is 120 Å². The number of rotatable bonds is 2. The molecule has 4 heteroatoms. The van der Waals surface area contributed by atoms with Crippen LogP contribution < -0.4 is 5.73 Å². The van der Waals surface area contributed by atoms with Gasteiger partial charge in [0.05, 0.1) is 11.4 Å². The molecule has 0 fully saturated rings. The first-order valence-corrected chi connectivity index (χ1v) is 6.89. The number of nitrogens with two attached hydrogens (primary N) is 1. The van der Waals surface area contributed by atoms with E-state index in [1.54, 1.807) is 0 Å². The maximum Gasteiger partial charge on any atom is 0.160 e. The number of benzene rings is 1. The van der Waals surface area contributed by atoms with Crippen LogP contribution in [0, 0.1) is 6.92 Å². The average Bonchev–Trinajstić information content (AvgIpc) is 2.71. The minimum atomic E-state index is 0.685. The SMILES string of the molecule is Cc1cccc(Cc2cn3cc(Br)cc(N)c3n2)c1. The number of nitrogen functional groups attached to an aromatic ring is 1. The van der Waals surface area contributed by atoms with Crippen LogP contribution in [0.5, 0.6) is 0 Å². The molecule has 2 N–H and O–H groups in total. The van der Waals surface area contributed by atoms with Gasteiger partial charge in [0.25, 0.3) is 0 Å². The van der Waals surface area contributed by atoms with E-state index in [9.17, 15) is 0 Å². The molecule has 0 atom stereocenters. The predicted octanol–water partition coefficient (Wildman–Crippen LogP) is 3.58. The van der Waals surface area contributed by atoms with E-state index < -0.39 is 0 Å². The number of fused-ring (bicyclic) bond motifs is 1. The fraction of sp³-hybridized carbons (Fsp3) is 0.133. The topological polar surface area (TPSA) is 43.3 Å². The van der Waals surface area contributed by atoms with Crippen molar-refractivity contribution >= 4 is 27.3 Å². The van der Waals surface area contributed by atoms with Gasteiger partial charge in [0.2, 0.25) is 0 Å². The molecule has 0 saturated carbocycles. The largest absolute Gasteiger partial charge is 0.396 e. The number of hydrogen-bond donors (Lipinski definition) is 1. The average molecular weight is 316 g/mol. The molecule has 3 nitrogen and oxygen atoms in total. The van der Waals surface area contributed by atoms with Gasteiger partial charge in [-0.3, -0.25) is 0 Å². The van der Waals surface area contributed by atoms with Gasteiger partial charge in [0.1, 0.15) is 0 Å². The first kappa shape index (κ1) is 12.2. The van der Waals surface area contributed by atoms with Crippen LogP contribution in [0.4, 0.5) is 5.69 Å². The normalized spacial score (nSPS) is 11.1. The Hall–Kier alpha value is -1.81. The van der Waals surface area contributed by atoms with Crippen molar-refractivity contribution in [2.75, 3.05) is 5.73 Å². The van der Waals surface area contributed by atoms with Gasteiger partial charge in [-0.2, -0.15) is 0 Å². The van der Waals surface area contributed by atoms with E-state index in [4.69, 9.17) is 5.73 Å².